The van der Waals surface area contributed by atoms with Gasteiger partial charge in [0, 0.05) is 6.42 Å². The second-order valence-electron chi connectivity index (χ2n) is 0.830. The van der Waals surface area contributed by atoms with Crippen LogP contribution in [0.15, 0.2) is 0 Å². The second-order valence-corrected chi connectivity index (χ2v) is 2.12. The number of hydrogen-bond acceptors (Lipinski definition) is 0. The van der Waals surface area contributed by atoms with E-state index in [1.54, 1.807) is 0 Å². The first-order chi connectivity index (χ1) is 2.56. The Kier molecular flexibility index (Phi) is 2.16. The summed E-state index contributed by atoms with van der Waals surface area (Å²) in [6.07, 6.45) is 1.05. The summed E-state index contributed by atoms with van der Waals surface area (Å²) in [6, 6.07) is 0. The molecular weight excluding hydrogens is 126 g/mol. The van der Waals surface area contributed by atoms with Gasteiger partial charge in [-0.25, -0.2) is 4.39 Å². The molecule has 0 aliphatic rings. The van der Waals surface area contributed by atoms with Crippen molar-refractivity contribution in [2.75, 3.05) is 0 Å². The van der Waals surface area contributed by atoms with Crippen LogP contribution in [0.4, 0.5) is 4.39 Å². The predicted octanol–water partition coefficient (Wildman–Crippen LogP) is 2.31. The zero-order valence-corrected chi connectivity index (χ0v) is 4.72. The van der Waals surface area contributed by atoms with Crippen LogP contribution in [0.2, 0.25) is 0 Å². The van der Waals surface area contributed by atoms with Crippen molar-refractivity contribution >= 4 is 23.2 Å². The van der Waals surface area contributed by atoms with Crippen LogP contribution in [0.3, 0.4) is 0 Å². The molecule has 0 N–H and O–H groups in total. The van der Waals surface area contributed by atoms with Gasteiger partial charge < -0.3 is 0 Å². The Balaban J connectivity index is 3.17. The zero-order chi connectivity index (χ0) is 5.21. The molecule has 0 aromatic rings. The van der Waals surface area contributed by atoms with Crippen LogP contribution in [0.1, 0.15) is 6.92 Å². The van der Waals surface area contributed by atoms with E-state index in [9.17, 15) is 4.39 Å². The second kappa shape index (κ2) is 1.99. The molecule has 0 rings (SSSR count). The Labute approximate surface area is 46.2 Å². The topological polar surface area (TPSA) is 0 Å². The molecule has 0 aliphatic heterocycles. The van der Waals surface area contributed by atoms with Gasteiger partial charge >= 0.3 is 0 Å². The van der Waals surface area contributed by atoms with Crippen molar-refractivity contribution in [1.29, 1.82) is 0 Å². The normalized spacial score (nSPS) is 12.0. The smallest absolute Gasteiger partial charge is 0.208 e. The molecule has 37 valence electrons. The third kappa shape index (κ3) is 4.51. The third-order valence-corrected chi connectivity index (χ3v) is 0.764. The van der Waals surface area contributed by atoms with Gasteiger partial charge in [0.05, 0.1) is 0 Å². The lowest BCUT2D eigenvalue weighted by atomic mass is 10.5. The van der Waals surface area contributed by atoms with Gasteiger partial charge in [0.1, 0.15) is 0 Å². The van der Waals surface area contributed by atoms with Crippen LogP contribution in [0.5, 0.6) is 0 Å². The first-order valence-electron chi connectivity index (χ1n) is 1.43. The number of hydrogen-bond donors (Lipinski definition) is 0. The highest BCUT2D eigenvalue weighted by Gasteiger charge is 2.17. The predicted molar refractivity (Wildman–Crippen MR) is 25.5 cm³/mol. The third-order valence-electron chi connectivity index (χ3n) is 0.327. The molecule has 3 heteroatoms. The average Bonchev–Trinajstić information content (AvgIpc) is 1.35. The molecule has 0 bridgehead atoms. The monoisotopic (exact) mass is 129 g/mol. The summed E-state index contributed by atoms with van der Waals surface area (Å²) in [7, 11) is 0. The fraction of sp³-hybridized carbons (Fsp3) is 0.667. The highest BCUT2D eigenvalue weighted by Crippen LogP contribution is 2.24. The highest BCUT2D eigenvalue weighted by molar-refractivity contribution is 6.48. The van der Waals surface area contributed by atoms with E-state index in [1.807, 2.05) is 0 Å². The Bertz CT molecular complexity index is 38.5. The lowest BCUT2D eigenvalue weighted by Crippen LogP contribution is -1.99. The van der Waals surface area contributed by atoms with Crippen molar-refractivity contribution in [1.82, 2.24) is 0 Å². The van der Waals surface area contributed by atoms with Crippen LogP contribution in [-0.2, 0) is 0 Å². The van der Waals surface area contributed by atoms with Crippen LogP contribution in [0.25, 0.3) is 0 Å². The summed E-state index contributed by atoms with van der Waals surface area (Å²) in [5.41, 5.74) is 0. The molecule has 6 heavy (non-hydrogen) atoms. The van der Waals surface area contributed by atoms with Crippen molar-refractivity contribution in [3.63, 3.8) is 0 Å². The van der Waals surface area contributed by atoms with Crippen molar-refractivity contribution in [2.45, 2.75) is 11.5 Å². The summed E-state index contributed by atoms with van der Waals surface area (Å²) < 4.78 is 9.45. The molecule has 0 unspecified atom stereocenters. The van der Waals surface area contributed by atoms with E-state index in [2.05, 4.69) is 0 Å². The van der Waals surface area contributed by atoms with Crippen LogP contribution < -0.4 is 0 Å². The summed E-state index contributed by atoms with van der Waals surface area (Å²) in [4.78, 5) is 0. The van der Waals surface area contributed by atoms with E-state index in [0.717, 1.165) is 6.42 Å². The Hall–Kier alpha value is 0.510. The van der Waals surface area contributed by atoms with Crippen LogP contribution in [0, 0.1) is 6.42 Å². The van der Waals surface area contributed by atoms with Gasteiger partial charge in [-0.05, 0) is 0 Å². The van der Waals surface area contributed by atoms with E-state index < -0.39 is 4.59 Å². The van der Waals surface area contributed by atoms with E-state index in [1.165, 1.54) is 6.92 Å². The van der Waals surface area contributed by atoms with Gasteiger partial charge in [-0.1, -0.05) is 30.1 Å². The number of rotatable bonds is 1. The zero-order valence-electron chi connectivity index (χ0n) is 3.21. The molecule has 0 aromatic carbocycles. The standard InChI is InChI=1S/C3H4Cl2F/c1-2-3(4,5)6/h2H,1H3. The van der Waals surface area contributed by atoms with E-state index >= 15 is 0 Å². The summed E-state index contributed by atoms with van der Waals surface area (Å²) >= 11 is 9.52. The maximum Gasteiger partial charge on any atom is 0.260 e. The molecule has 0 spiro atoms. The van der Waals surface area contributed by atoms with Gasteiger partial charge in [0.25, 0.3) is 4.59 Å². The summed E-state index contributed by atoms with van der Waals surface area (Å²) in [5.74, 6) is 0. The van der Waals surface area contributed by atoms with E-state index in [-0.39, 0.29) is 0 Å². The quantitative estimate of drug-likeness (QED) is 0.477. The van der Waals surface area contributed by atoms with Crippen molar-refractivity contribution < 1.29 is 4.39 Å². The van der Waals surface area contributed by atoms with Gasteiger partial charge in [0.2, 0.25) is 0 Å². The molecule has 0 aliphatic carbocycles. The van der Waals surface area contributed by atoms with Crippen molar-refractivity contribution in [2.24, 2.45) is 0 Å². The minimum Gasteiger partial charge on any atom is -0.208 e. The average molecular weight is 130 g/mol. The van der Waals surface area contributed by atoms with Gasteiger partial charge in [0.15, 0.2) is 0 Å². The maximum atomic E-state index is 11.6. The highest BCUT2D eigenvalue weighted by atomic mass is 35.5. The van der Waals surface area contributed by atoms with Gasteiger partial charge in [-0.3, -0.25) is 0 Å². The van der Waals surface area contributed by atoms with Crippen molar-refractivity contribution in [3.8, 4) is 0 Å². The Morgan fingerprint density at radius 2 is 1.83 bits per heavy atom. The van der Waals surface area contributed by atoms with E-state index in [4.69, 9.17) is 23.2 Å². The molecule has 0 heterocycles. The molecule has 0 atom stereocenters. The molecule has 0 saturated heterocycles. The number of alkyl halides is 3. The fourth-order valence-corrected chi connectivity index (χ4v) is 0. The summed E-state index contributed by atoms with van der Waals surface area (Å²) in [6.45, 7) is 1.44. The maximum absolute atomic E-state index is 11.6. The minimum absolute atomic E-state index is 1.05. The molecule has 0 aromatic heterocycles. The van der Waals surface area contributed by atoms with Gasteiger partial charge in [-0.15, -0.1) is 0 Å². The summed E-state index contributed by atoms with van der Waals surface area (Å²) in [5, 5.41) is 0. The van der Waals surface area contributed by atoms with Crippen molar-refractivity contribution in [3.05, 3.63) is 6.42 Å². The first-order valence-corrected chi connectivity index (χ1v) is 2.19. The Morgan fingerprint density at radius 1 is 1.67 bits per heavy atom. The van der Waals surface area contributed by atoms with E-state index in [0.29, 0.717) is 0 Å². The molecule has 1 radical (unpaired) electrons. The first kappa shape index (κ1) is 6.51. The largest absolute Gasteiger partial charge is 0.260 e. The molecule has 0 fully saturated rings. The number of halogens is 3. The molecule has 0 saturated carbocycles. The minimum atomic E-state index is -2.14. The molecule has 0 amide bonds. The fourth-order valence-electron chi connectivity index (χ4n) is 0. The Morgan fingerprint density at radius 3 is 1.83 bits per heavy atom. The molecule has 0 nitrogen and oxygen atoms in total. The lowest BCUT2D eigenvalue weighted by molar-refractivity contribution is 0.439. The van der Waals surface area contributed by atoms with Crippen LogP contribution >= 0.6 is 23.2 Å². The lowest BCUT2D eigenvalue weighted by Gasteiger charge is -2.00. The molecular formula is C3H4Cl2F. The SMILES string of the molecule is C[CH]C(F)(Cl)Cl. The van der Waals surface area contributed by atoms with Gasteiger partial charge in [-0.2, -0.15) is 0 Å². The van der Waals surface area contributed by atoms with Crippen LogP contribution in [-0.4, -0.2) is 4.59 Å².